The fourth-order valence-corrected chi connectivity index (χ4v) is 2.64. The van der Waals surface area contributed by atoms with Gasteiger partial charge in [-0.25, -0.2) is 4.39 Å². The average molecular weight is 394 g/mol. The van der Waals surface area contributed by atoms with Gasteiger partial charge in [0.2, 0.25) is 0 Å². The van der Waals surface area contributed by atoms with Crippen LogP contribution in [-0.2, 0) is 11.3 Å². The minimum absolute atomic E-state index is 0.220. The number of aromatic nitrogens is 2. The summed E-state index contributed by atoms with van der Waals surface area (Å²) >= 11 is 7.24. The molecule has 2 rings (SSSR count). The van der Waals surface area contributed by atoms with Crippen molar-refractivity contribution in [2.45, 2.75) is 26.3 Å². The number of ether oxygens (including phenoxy) is 1. The molecule has 3 nitrogen and oxygen atoms in total. The molecule has 1 N–H and O–H groups in total. The molecule has 0 aliphatic heterocycles. The molecule has 0 radical (unpaired) electrons. The summed E-state index contributed by atoms with van der Waals surface area (Å²) in [5.41, 5.74) is 1.66. The average Bonchev–Trinajstić information content (AvgIpc) is 2.66. The molecule has 0 spiro atoms. The van der Waals surface area contributed by atoms with E-state index in [-0.39, 0.29) is 5.82 Å². The maximum absolute atomic E-state index is 13.6. The Morgan fingerprint density at radius 2 is 2.21 bits per heavy atom. The Balaban J connectivity index is 2.16. The smallest absolute Gasteiger partial charge is 0.178 e. The molecule has 0 bridgehead atoms. The van der Waals surface area contributed by atoms with E-state index < -0.39 is 0 Å². The molecule has 0 aliphatic carbocycles. The molecule has 0 unspecified atom stereocenters. The highest BCUT2D eigenvalue weighted by molar-refractivity contribution is 14.1. The molecule has 2 aromatic rings. The lowest BCUT2D eigenvalue weighted by Crippen LogP contribution is -2.07. The van der Waals surface area contributed by atoms with Crippen molar-refractivity contribution >= 4 is 45.8 Å². The zero-order valence-corrected chi connectivity index (χ0v) is 13.7. The van der Waals surface area contributed by atoms with E-state index in [1.807, 2.05) is 27.2 Å². The third kappa shape index (κ3) is 3.55. The number of fused-ring (bicyclic) bond motifs is 1. The maximum atomic E-state index is 13.6. The van der Waals surface area contributed by atoms with Crippen molar-refractivity contribution in [1.82, 2.24) is 9.55 Å². The zero-order valence-electron chi connectivity index (χ0n) is 10.7. The Bertz CT molecular complexity index is 623. The lowest BCUT2D eigenvalue weighted by Gasteiger charge is -2.06. The van der Waals surface area contributed by atoms with Crippen molar-refractivity contribution in [3.8, 4) is 0 Å². The first-order valence-electron chi connectivity index (χ1n) is 6.28. The third-order valence-corrected chi connectivity index (χ3v) is 4.07. The van der Waals surface area contributed by atoms with Gasteiger partial charge in [-0.15, -0.1) is 0 Å². The summed E-state index contributed by atoms with van der Waals surface area (Å²) in [4.78, 5) is 3.10. The maximum Gasteiger partial charge on any atom is 0.178 e. The van der Waals surface area contributed by atoms with E-state index in [0.717, 1.165) is 30.5 Å². The predicted octanol–water partition coefficient (Wildman–Crippen LogP) is 4.26. The van der Waals surface area contributed by atoms with Gasteiger partial charge in [-0.1, -0.05) is 13.3 Å². The van der Waals surface area contributed by atoms with Crippen LogP contribution in [0.3, 0.4) is 0 Å². The topological polar surface area (TPSA) is 29.9 Å². The summed E-state index contributed by atoms with van der Waals surface area (Å²) in [6, 6.07) is 3.30. The van der Waals surface area contributed by atoms with E-state index in [1.54, 1.807) is 6.07 Å². The largest absolute Gasteiger partial charge is 0.380 e. The van der Waals surface area contributed by atoms with Crippen molar-refractivity contribution in [2.24, 2.45) is 0 Å². The van der Waals surface area contributed by atoms with E-state index in [0.29, 0.717) is 21.5 Å². The van der Waals surface area contributed by atoms with Crippen LogP contribution in [-0.4, -0.2) is 22.8 Å². The summed E-state index contributed by atoms with van der Waals surface area (Å²) in [5.74, 6) is -0.220. The number of halogens is 2. The molecule has 0 saturated heterocycles. The van der Waals surface area contributed by atoms with E-state index in [4.69, 9.17) is 17.0 Å². The Morgan fingerprint density at radius 3 is 2.95 bits per heavy atom. The first-order chi connectivity index (χ1) is 9.13. The van der Waals surface area contributed by atoms with Crippen LogP contribution in [0.4, 0.5) is 4.39 Å². The number of imidazole rings is 1. The first-order valence-corrected chi connectivity index (χ1v) is 7.77. The number of aromatic amines is 1. The lowest BCUT2D eigenvalue weighted by atomic mass is 10.3. The zero-order chi connectivity index (χ0) is 13.8. The third-order valence-electron chi connectivity index (χ3n) is 2.92. The highest BCUT2D eigenvalue weighted by Gasteiger charge is 2.08. The fraction of sp³-hybridized carbons (Fsp3) is 0.462. The molecule has 1 aromatic heterocycles. The van der Waals surface area contributed by atoms with Gasteiger partial charge in [-0.05, 0) is 47.3 Å². The van der Waals surface area contributed by atoms with Crippen LogP contribution in [0.2, 0.25) is 0 Å². The van der Waals surface area contributed by atoms with E-state index in [9.17, 15) is 4.39 Å². The molecule has 0 atom stereocenters. The van der Waals surface area contributed by atoms with Crippen LogP contribution < -0.4 is 0 Å². The number of nitrogens with zero attached hydrogens (tertiary/aromatic N) is 1. The van der Waals surface area contributed by atoms with Gasteiger partial charge < -0.3 is 14.3 Å². The number of hydrogen-bond acceptors (Lipinski definition) is 2. The van der Waals surface area contributed by atoms with E-state index in [1.165, 1.54) is 6.07 Å². The molecular weight excluding hydrogens is 378 g/mol. The number of H-pyrrole nitrogens is 1. The molecule has 1 aromatic carbocycles. The molecule has 0 amide bonds. The van der Waals surface area contributed by atoms with Gasteiger partial charge in [0.05, 0.1) is 21.2 Å². The first kappa shape index (κ1) is 14.9. The summed E-state index contributed by atoms with van der Waals surface area (Å²) in [5, 5.41) is 0. The van der Waals surface area contributed by atoms with Gasteiger partial charge in [0.25, 0.3) is 0 Å². The molecule has 104 valence electrons. The lowest BCUT2D eigenvalue weighted by molar-refractivity contribution is 0.124. The number of benzene rings is 1. The Kier molecular flexibility index (Phi) is 5.35. The normalized spacial score (nSPS) is 11.3. The van der Waals surface area contributed by atoms with Crippen molar-refractivity contribution in [3.63, 3.8) is 0 Å². The van der Waals surface area contributed by atoms with Gasteiger partial charge in [-0.3, -0.25) is 0 Å². The van der Waals surface area contributed by atoms with Crippen molar-refractivity contribution in [2.75, 3.05) is 13.2 Å². The molecular formula is C13H16FIN2OS. The van der Waals surface area contributed by atoms with E-state index >= 15 is 0 Å². The van der Waals surface area contributed by atoms with Crippen LogP contribution in [0.1, 0.15) is 19.8 Å². The number of unbranched alkanes of at least 4 members (excludes halogenated alkanes) is 1. The van der Waals surface area contributed by atoms with Crippen LogP contribution >= 0.6 is 34.8 Å². The van der Waals surface area contributed by atoms with Crippen LogP contribution in [0, 0.1) is 14.2 Å². The van der Waals surface area contributed by atoms with Crippen LogP contribution in [0.5, 0.6) is 0 Å². The second kappa shape index (κ2) is 6.81. The van der Waals surface area contributed by atoms with Gasteiger partial charge in [0, 0.05) is 19.2 Å². The Morgan fingerprint density at radius 1 is 1.42 bits per heavy atom. The minimum Gasteiger partial charge on any atom is -0.380 e. The summed E-state index contributed by atoms with van der Waals surface area (Å²) < 4.78 is 22.2. The van der Waals surface area contributed by atoms with Crippen LogP contribution in [0.25, 0.3) is 11.0 Å². The highest BCUT2D eigenvalue weighted by atomic mass is 127. The van der Waals surface area contributed by atoms with Crippen molar-refractivity contribution in [3.05, 3.63) is 26.3 Å². The van der Waals surface area contributed by atoms with Crippen molar-refractivity contribution in [1.29, 1.82) is 0 Å². The second-order valence-electron chi connectivity index (χ2n) is 4.33. The Labute approximate surface area is 130 Å². The van der Waals surface area contributed by atoms with Crippen molar-refractivity contribution < 1.29 is 9.13 Å². The number of nitrogens with one attached hydrogen (secondary N) is 1. The summed E-state index contributed by atoms with van der Waals surface area (Å²) in [6.45, 7) is 4.12. The van der Waals surface area contributed by atoms with Gasteiger partial charge in [0.15, 0.2) is 4.77 Å². The van der Waals surface area contributed by atoms with Gasteiger partial charge in [-0.2, -0.15) is 0 Å². The SMILES string of the molecule is CCCCOCCn1c(=S)[nH]c2cc(I)c(F)cc21. The monoisotopic (exact) mass is 394 g/mol. The minimum atomic E-state index is -0.220. The molecule has 19 heavy (non-hydrogen) atoms. The quantitative estimate of drug-likeness (QED) is 0.451. The molecule has 6 heteroatoms. The molecule has 0 fully saturated rings. The summed E-state index contributed by atoms with van der Waals surface area (Å²) in [7, 11) is 0. The van der Waals surface area contributed by atoms with Gasteiger partial charge >= 0.3 is 0 Å². The fourth-order valence-electron chi connectivity index (χ4n) is 1.88. The number of rotatable bonds is 6. The standard InChI is InChI=1S/C13H16FIN2OS/c1-2-3-5-18-6-4-17-12-7-9(14)10(15)8-11(12)16-13(17)19/h7-8H,2-6H2,1H3,(H,16,19). The van der Waals surface area contributed by atoms with E-state index in [2.05, 4.69) is 11.9 Å². The number of hydrogen-bond donors (Lipinski definition) is 1. The summed E-state index contributed by atoms with van der Waals surface area (Å²) in [6.07, 6.45) is 2.18. The molecule has 1 heterocycles. The molecule has 0 saturated carbocycles. The van der Waals surface area contributed by atoms with Gasteiger partial charge in [0.1, 0.15) is 5.82 Å². The Hall–Kier alpha value is -0.470. The predicted molar refractivity (Wildman–Crippen MR) is 85.5 cm³/mol. The second-order valence-corrected chi connectivity index (χ2v) is 5.88. The highest BCUT2D eigenvalue weighted by Crippen LogP contribution is 2.20. The molecule has 0 aliphatic rings. The van der Waals surface area contributed by atoms with Crippen LogP contribution in [0.15, 0.2) is 12.1 Å².